The number of hydrogen-bond acceptors (Lipinski definition) is 6. The number of methoxy groups -OCH3 is 1. The number of allylic oxidation sites excluding steroid dienone is 1. The Bertz CT molecular complexity index is 1910. The highest BCUT2D eigenvalue weighted by molar-refractivity contribution is 6.24. The molecule has 3 aromatic rings. The van der Waals surface area contributed by atoms with Gasteiger partial charge >= 0.3 is 17.9 Å². The summed E-state index contributed by atoms with van der Waals surface area (Å²) in [6.45, 7) is 15.7. The number of esters is 1. The molecule has 0 spiro atoms. The van der Waals surface area contributed by atoms with E-state index in [1.165, 1.54) is 7.11 Å². The van der Waals surface area contributed by atoms with Crippen LogP contribution in [-0.4, -0.2) is 55.2 Å². The van der Waals surface area contributed by atoms with Crippen LogP contribution in [0.15, 0.2) is 24.8 Å². The highest BCUT2D eigenvalue weighted by Crippen LogP contribution is 2.36. The SMILES string of the molecule is C=Cc1c(C)c2cc3nc(c(CC(=O)OC)c4nc(cc5[nH]c(cc1[nH]2)c(C)c5CC)C(C)=C4C(=O)O)CC3C.CCC(=O)O. The van der Waals surface area contributed by atoms with Crippen LogP contribution in [0.1, 0.15) is 90.6 Å². The number of hydrogen-bond donors (Lipinski definition) is 4. The summed E-state index contributed by atoms with van der Waals surface area (Å²) in [4.78, 5) is 51.4. The van der Waals surface area contributed by atoms with E-state index >= 15 is 0 Å². The van der Waals surface area contributed by atoms with E-state index in [2.05, 4.69) is 50.3 Å². The van der Waals surface area contributed by atoms with Crippen LogP contribution in [0.25, 0.3) is 39.3 Å². The van der Waals surface area contributed by atoms with Crippen molar-refractivity contribution >= 4 is 57.2 Å². The van der Waals surface area contributed by atoms with Crippen molar-refractivity contribution in [2.75, 3.05) is 7.11 Å². The van der Waals surface area contributed by atoms with Gasteiger partial charge in [0.25, 0.3) is 0 Å². The molecule has 1 atom stereocenters. The van der Waals surface area contributed by atoms with Crippen molar-refractivity contribution in [1.82, 2.24) is 19.9 Å². The van der Waals surface area contributed by atoms with Gasteiger partial charge in [-0.15, -0.1) is 0 Å². The first kappa shape index (κ1) is 32.9. The molecule has 45 heavy (non-hydrogen) atoms. The van der Waals surface area contributed by atoms with Crippen LogP contribution in [0, 0.1) is 13.8 Å². The number of aryl methyl sites for hydroxylation is 3. The molecule has 5 rings (SSSR count). The number of rotatable bonds is 6. The predicted molar refractivity (Wildman–Crippen MR) is 176 cm³/mol. The van der Waals surface area contributed by atoms with Crippen LogP contribution < -0.4 is 0 Å². The molecule has 0 amide bonds. The maximum absolute atomic E-state index is 12.6. The number of nitrogens with one attached hydrogen (secondary N) is 2. The molecule has 0 saturated carbocycles. The highest BCUT2D eigenvalue weighted by Gasteiger charge is 2.30. The molecule has 236 valence electrons. The topological polar surface area (TPSA) is 158 Å². The molecular weight excluding hydrogens is 572 g/mol. The number of carbonyl (C=O) groups is 3. The minimum absolute atomic E-state index is 0.0518. The molecule has 5 heterocycles. The molecule has 2 aliphatic heterocycles. The summed E-state index contributed by atoms with van der Waals surface area (Å²) in [5, 5.41) is 18.0. The van der Waals surface area contributed by atoms with Crippen LogP contribution in [-0.2, 0) is 38.4 Å². The Morgan fingerprint density at radius 1 is 0.978 bits per heavy atom. The molecule has 0 fully saturated rings. The van der Waals surface area contributed by atoms with Crippen LogP contribution in [0.5, 0.6) is 0 Å². The van der Waals surface area contributed by atoms with Crippen LogP contribution >= 0.6 is 0 Å². The number of H-pyrrole nitrogens is 2. The number of nitrogens with zero attached hydrogens (tertiary/aromatic N) is 2. The fourth-order valence-corrected chi connectivity index (χ4v) is 5.80. The van der Waals surface area contributed by atoms with Crippen molar-refractivity contribution in [1.29, 1.82) is 0 Å². The van der Waals surface area contributed by atoms with Crippen LogP contribution in [0.4, 0.5) is 0 Å². The molecule has 0 aliphatic carbocycles. The van der Waals surface area contributed by atoms with Crippen molar-refractivity contribution < 1.29 is 29.3 Å². The number of carboxylic acids is 2. The lowest BCUT2D eigenvalue weighted by molar-refractivity contribution is -0.140. The van der Waals surface area contributed by atoms with E-state index in [9.17, 15) is 19.5 Å². The Labute approximate surface area is 261 Å². The molecule has 2 aliphatic rings. The van der Waals surface area contributed by atoms with Crippen molar-refractivity contribution in [2.24, 2.45) is 0 Å². The zero-order valence-corrected chi connectivity index (χ0v) is 26.8. The fraction of sp³-hybridized carbons (Fsp3) is 0.343. The van der Waals surface area contributed by atoms with Gasteiger partial charge < -0.3 is 24.9 Å². The Balaban J connectivity index is 0.000000854. The fourth-order valence-electron chi connectivity index (χ4n) is 5.80. The van der Waals surface area contributed by atoms with E-state index in [0.717, 1.165) is 56.4 Å². The summed E-state index contributed by atoms with van der Waals surface area (Å²) in [7, 11) is 1.32. The van der Waals surface area contributed by atoms with Crippen molar-refractivity contribution in [3.05, 3.63) is 75.4 Å². The van der Waals surface area contributed by atoms with Gasteiger partial charge in [0.05, 0.1) is 30.5 Å². The molecule has 3 aromatic heterocycles. The van der Waals surface area contributed by atoms with Gasteiger partial charge in [-0.1, -0.05) is 33.4 Å². The lowest BCUT2D eigenvalue weighted by atomic mass is 9.97. The number of aromatic amines is 2. The molecular formula is C35H40N4O6. The maximum atomic E-state index is 12.6. The van der Waals surface area contributed by atoms with Crippen LogP contribution in [0.3, 0.4) is 0 Å². The third-order valence-electron chi connectivity index (χ3n) is 8.43. The maximum Gasteiger partial charge on any atom is 0.338 e. The van der Waals surface area contributed by atoms with E-state index in [-0.39, 0.29) is 30.0 Å². The molecule has 10 heteroatoms. The number of carboxylic acid groups (broad SMARTS) is 2. The minimum Gasteiger partial charge on any atom is -0.481 e. The normalized spacial score (nSPS) is 14.1. The summed E-state index contributed by atoms with van der Waals surface area (Å²) in [6, 6.07) is 6.03. The van der Waals surface area contributed by atoms with Gasteiger partial charge in [0.15, 0.2) is 0 Å². The van der Waals surface area contributed by atoms with E-state index in [4.69, 9.17) is 19.8 Å². The minimum atomic E-state index is -1.10. The highest BCUT2D eigenvalue weighted by atomic mass is 16.5. The Morgan fingerprint density at radius 2 is 1.62 bits per heavy atom. The smallest absolute Gasteiger partial charge is 0.338 e. The molecule has 1 unspecified atom stereocenters. The average Bonchev–Trinajstić information content (AvgIpc) is 3.70. The largest absolute Gasteiger partial charge is 0.481 e. The lowest BCUT2D eigenvalue weighted by Gasteiger charge is -2.07. The summed E-state index contributed by atoms with van der Waals surface area (Å²) in [5.74, 6) is -2.27. The van der Waals surface area contributed by atoms with Gasteiger partial charge in [-0.05, 0) is 74.1 Å². The van der Waals surface area contributed by atoms with Gasteiger partial charge in [-0.25, -0.2) is 9.78 Å². The first-order valence-electron chi connectivity index (χ1n) is 15.0. The number of aliphatic carboxylic acids is 2. The molecule has 0 radical (unpaired) electrons. The molecule has 0 aromatic carbocycles. The van der Waals surface area contributed by atoms with Gasteiger partial charge in [0.1, 0.15) is 0 Å². The van der Waals surface area contributed by atoms with Gasteiger partial charge in [-0.2, -0.15) is 0 Å². The summed E-state index contributed by atoms with van der Waals surface area (Å²) < 4.78 is 4.99. The van der Waals surface area contributed by atoms with Crippen molar-refractivity contribution in [2.45, 2.75) is 73.1 Å². The number of aromatic nitrogens is 4. The standard InChI is InChI=1S/C32H34N4O4.C3H6O2/c1-8-19-16(4)23-12-22-15(3)10-26(33-22)21(11-29(37)40-7)31-30(32(38)39)18(6)25(36-31)14-28-20(9-2)17(5)24(35-28)13-27(19)34-23;1-2-3(4)5/h8,12-15,34-35H,1,9-11H2,2-7H3,(H,38,39);2H2,1H3,(H,4,5). The Hall–Kier alpha value is -4.99. The van der Waals surface area contributed by atoms with E-state index in [1.807, 2.05) is 18.2 Å². The van der Waals surface area contributed by atoms with E-state index in [1.54, 1.807) is 13.8 Å². The molecule has 10 nitrogen and oxygen atoms in total. The van der Waals surface area contributed by atoms with Gasteiger partial charge in [0, 0.05) is 56.9 Å². The van der Waals surface area contributed by atoms with Gasteiger partial charge in [0.2, 0.25) is 0 Å². The van der Waals surface area contributed by atoms with E-state index < -0.39 is 17.9 Å². The number of carbonyl (C=O) groups excluding carboxylic acids is 1. The zero-order valence-electron chi connectivity index (χ0n) is 26.8. The first-order chi connectivity index (χ1) is 21.3. The van der Waals surface area contributed by atoms with Crippen molar-refractivity contribution in [3.63, 3.8) is 0 Å². The Kier molecular flexibility index (Phi) is 9.75. The molecule has 8 bridgehead atoms. The molecule has 0 saturated heterocycles. The second-order valence-corrected chi connectivity index (χ2v) is 11.3. The zero-order chi connectivity index (χ0) is 33.2. The monoisotopic (exact) mass is 612 g/mol. The third-order valence-corrected chi connectivity index (χ3v) is 8.43. The lowest BCUT2D eigenvalue weighted by Crippen LogP contribution is -2.11. The van der Waals surface area contributed by atoms with Crippen molar-refractivity contribution in [3.8, 4) is 0 Å². The number of fused-ring (bicyclic) bond motifs is 8. The summed E-state index contributed by atoms with van der Waals surface area (Å²) in [5.41, 5.74) is 11.4. The Morgan fingerprint density at radius 3 is 2.20 bits per heavy atom. The quantitative estimate of drug-likeness (QED) is 0.224. The molecule has 4 N–H and O–H groups in total. The second-order valence-electron chi connectivity index (χ2n) is 11.3. The van der Waals surface area contributed by atoms with Gasteiger partial charge in [-0.3, -0.25) is 14.6 Å². The summed E-state index contributed by atoms with van der Waals surface area (Å²) >= 11 is 0. The number of ether oxygens (including phenoxy) is 1. The predicted octanol–water partition coefficient (Wildman–Crippen LogP) is 6.70. The average molecular weight is 613 g/mol. The van der Waals surface area contributed by atoms with Crippen LogP contribution in [0.2, 0.25) is 0 Å². The first-order valence-corrected chi connectivity index (χ1v) is 15.0. The van der Waals surface area contributed by atoms with E-state index in [0.29, 0.717) is 28.9 Å². The third kappa shape index (κ3) is 6.45. The second kappa shape index (κ2) is 13.3. The summed E-state index contributed by atoms with van der Waals surface area (Å²) in [6.07, 6.45) is 3.29.